The van der Waals surface area contributed by atoms with Crippen molar-refractivity contribution < 1.29 is 24.0 Å². The molecule has 4 aliphatic heterocycles. The van der Waals surface area contributed by atoms with Crippen LogP contribution < -0.4 is 15.0 Å². The van der Waals surface area contributed by atoms with E-state index in [0.29, 0.717) is 29.2 Å². The molecule has 180 valence electrons. The number of fused-ring (bicyclic) bond motifs is 7. The second kappa shape index (κ2) is 7.25. The Morgan fingerprint density at radius 1 is 1.20 bits per heavy atom. The molecule has 2 aromatic carbocycles. The number of benzene rings is 2. The molecule has 4 heterocycles. The van der Waals surface area contributed by atoms with Crippen LogP contribution in [0.3, 0.4) is 0 Å². The van der Waals surface area contributed by atoms with Crippen LogP contribution in [0.25, 0.3) is 0 Å². The summed E-state index contributed by atoms with van der Waals surface area (Å²) in [7, 11) is 1.32. The summed E-state index contributed by atoms with van der Waals surface area (Å²) in [6.07, 6.45) is 1.47. The van der Waals surface area contributed by atoms with Gasteiger partial charge in [0.05, 0.1) is 46.3 Å². The average molecular weight is 497 g/mol. The molecule has 0 aliphatic carbocycles. The number of carbonyl (C=O) groups is 3. The normalized spacial score (nSPS) is 28.9. The number of anilines is 2. The highest BCUT2D eigenvalue weighted by Crippen LogP contribution is 2.61. The zero-order chi connectivity index (χ0) is 24.8. The SMILES string of the molecule is COc1cc([N+](=O)[O-])ccc1N1C(=O)[C@@H]2[C@@H]3CCCN3[C@@]3(C(=O)Nc4c(Cl)cc(C)cc43)[C@H]2C1=O. The average Bonchev–Trinajstić information content (AvgIpc) is 3.52. The molecule has 0 unspecified atom stereocenters. The van der Waals surface area contributed by atoms with Crippen LogP contribution >= 0.6 is 11.6 Å². The third kappa shape index (κ3) is 2.61. The number of hydrogen-bond acceptors (Lipinski definition) is 7. The van der Waals surface area contributed by atoms with E-state index in [1.54, 1.807) is 6.07 Å². The molecule has 4 aliphatic rings. The van der Waals surface area contributed by atoms with Crippen molar-refractivity contribution in [3.63, 3.8) is 0 Å². The number of hydrogen-bond donors (Lipinski definition) is 1. The van der Waals surface area contributed by atoms with Gasteiger partial charge < -0.3 is 10.1 Å². The molecule has 0 aromatic heterocycles. The van der Waals surface area contributed by atoms with E-state index in [1.807, 2.05) is 17.9 Å². The highest BCUT2D eigenvalue weighted by molar-refractivity contribution is 6.35. The number of imide groups is 1. The van der Waals surface area contributed by atoms with Crippen LogP contribution in [-0.2, 0) is 19.9 Å². The molecule has 4 atom stereocenters. The predicted molar refractivity (Wildman–Crippen MR) is 125 cm³/mol. The largest absolute Gasteiger partial charge is 0.494 e. The summed E-state index contributed by atoms with van der Waals surface area (Å²) in [5.74, 6) is -2.98. The lowest BCUT2D eigenvalue weighted by atomic mass is 9.75. The summed E-state index contributed by atoms with van der Waals surface area (Å²) in [6.45, 7) is 2.45. The molecular formula is C24H21ClN4O6. The first kappa shape index (κ1) is 22.0. The third-order valence-electron chi connectivity index (χ3n) is 7.81. The van der Waals surface area contributed by atoms with Crippen LogP contribution in [0.1, 0.15) is 24.0 Å². The fourth-order valence-electron chi connectivity index (χ4n) is 6.60. The van der Waals surface area contributed by atoms with Crippen LogP contribution in [0.15, 0.2) is 30.3 Å². The molecule has 2 aromatic rings. The minimum Gasteiger partial charge on any atom is -0.494 e. The van der Waals surface area contributed by atoms with Gasteiger partial charge in [0, 0.05) is 17.7 Å². The zero-order valence-electron chi connectivity index (χ0n) is 18.9. The number of non-ortho nitro benzene ring substituents is 1. The number of nitro benzene ring substituents is 1. The van der Waals surface area contributed by atoms with E-state index < -0.39 is 34.1 Å². The zero-order valence-corrected chi connectivity index (χ0v) is 19.7. The summed E-state index contributed by atoms with van der Waals surface area (Å²) in [4.78, 5) is 55.4. The summed E-state index contributed by atoms with van der Waals surface area (Å²) >= 11 is 6.49. The van der Waals surface area contributed by atoms with Gasteiger partial charge in [-0.15, -0.1) is 0 Å². The van der Waals surface area contributed by atoms with E-state index in [4.69, 9.17) is 16.3 Å². The van der Waals surface area contributed by atoms with Gasteiger partial charge in [-0.25, -0.2) is 4.90 Å². The highest BCUT2D eigenvalue weighted by atomic mass is 35.5. The van der Waals surface area contributed by atoms with Gasteiger partial charge in [-0.2, -0.15) is 0 Å². The van der Waals surface area contributed by atoms with Crippen LogP contribution in [0, 0.1) is 28.9 Å². The number of amides is 3. The van der Waals surface area contributed by atoms with Crippen molar-refractivity contribution in [2.75, 3.05) is 23.9 Å². The number of ether oxygens (including phenoxy) is 1. The second-order valence-electron chi connectivity index (χ2n) is 9.42. The second-order valence-corrected chi connectivity index (χ2v) is 9.83. The molecule has 35 heavy (non-hydrogen) atoms. The van der Waals surface area contributed by atoms with Gasteiger partial charge in [0.2, 0.25) is 11.8 Å². The molecule has 1 N–H and O–H groups in total. The Kier molecular flexibility index (Phi) is 4.56. The van der Waals surface area contributed by atoms with Crippen molar-refractivity contribution >= 4 is 46.4 Å². The molecule has 0 saturated carbocycles. The van der Waals surface area contributed by atoms with Crippen LogP contribution in [0.2, 0.25) is 5.02 Å². The fraction of sp³-hybridized carbons (Fsp3) is 0.375. The standard InChI is InChI=1S/C24H21ClN4O6/c1-11-8-13-20(14(25)9-11)26-23(32)24(13)19-18(16-4-3-7-27(16)24)21(30)28(22(19)31)15-6-5-12(29(33)34)10-17(15)35-2/h5-6,8-10,16,18-19H,3-4,7H2,1-2H3,(H,26,32)/t16-,18+,19+,24+/m0/s1. The monoisotopic (exact) mass is 496 g/mol. The lowest BCUT2D eigenvalue weighted by Crippen LogP contribution is -2.54. The molecule has 3 amide bonds. The number of nitro groups is 1. The van der Waals surface area contributed by atoms with Gasteiger partial charge in [-0.1, -0.05) is 17.7 Å². The molecule has 10 nitrogen and oxygen atoms in total. The maximum atomic E-state index is 14.1. The van der Waals surface area contributed by atoms with Crippen LogP contribution in [0.4, 0.5) is 17.1 Å². The molecule has 3 fully saturated rings. The number of nitrogens with one attached hydrogen (secondary N) is 1. The van der Waals surface area contributed by atoms with E-state index in [0.717, 1.165) is 16.9 Å². The molecule has 0 radical (unpaired) electrons. The van der Waals surface area contributed by atoms with Gasteiger partial charge in [0.1, 0.15) is 11.3 Å². The van der Waals surface area contributed by atoms with Gasteiger partial charge in [0.25, 0.3) is 11.6 Å². The van der Waals surface area contributed by atoms with E-state index in [9.17, 15) is 24.5 Å². The van der Waals surface area contributed by atoms with Crippen molar-refractivity contribution in [1.82, 2.24) is 4.90 Å². The van der Waals surface area contributed by atoms with Gasteiger partial charge in [-0.3, -0.25) is 29.4 Å². The Bertz CT molecular complexity index is 1360. The quantitative estimate of drug-likeness (QED) is 0.393. The maximum Gasteiger partial charge on any atom is 0.273 e. The Morgan fingerprint density at radius 3 is 2.69 bits per heavy atom. The highest BCUT2D eigenvalue weighted by Gasteiger charge is 2.75. The third-order valence-corrected chi connectivity index (χ3v) is 8.11. The Morgan fingerprint density at radius 2 is 1.97 bits per heavy atom. The minimum absolute atomic E-state index is 0.0355. The summed E-state index contributed by atoms with van der Waals surface area (Å²) < 4.78 is 5.32. The molecule has 11 heteroatoms. The number of methoxy groups -OCH3 is 1. The van der Waals surface area contributed by atoms with Gasteiger partial charge in [-0.05, 0) is 44.0 Å². The van der Waals surface area contributed by atoms with E-state index in [-0.39, 0.29) is 29.1 Å². The van der Waals surface area contributed by atoms with E-state index >= 15 is 0 Å². The summed E-state index contributed by atoms with van der Waals surface area (Å²) in [5.41, 5.74) is 0.479. The Balaban J connectivity index is 1.55. The number of rotatable bonds is 3. The first-order valence-electron chi connectivity index (χ1n) is 11.3. The van der Waals surface area contributed by atoms with Gasteiger partial charge >= 0.3 is 0 Å². The van der Waals surface area contributed by atoms with Crippen LogP contribution in [0.5, 0.6) is 5.75 Å². The Hall–Kier alpha value is -3.50. The van der Waals surface area contributed by atoms with Crippen molar-refractivity contribution in [3.8, 4) is 5.75 Å². The van der Waals surface area contributed by atoms with Crippen molar-refractivity contribution in [2.24, 2.45) is 11.8 Å². The van der Waals surface area contributed by atoms with Gasteiger partial charge in [0.15, 0.2) is 0 Å². The predicted octanol–water partition coefficient (Wildman–Crippen LogP) is 3.00. The summed E-state index contributed by atoms with van der Waals surface area (Å²) in [6, 6.07) is 7.08. The number of carbonyl (C=O) groups excluding carboxylic acids is 3. The molecule has 1 spiro atoms. The lowest BCUT2D eigenvalue weighted by Gasteiger charge is -2.36. The van der Waals surface area contributed by atoms with E-state index in [1.165, 1.54) is 25.3 Å². The molecular weight excluding hydrogens is 476 g/mol. The van der Waals surface area contributed by atoms with Crippen molar-refractivity contribution in [1.29, 1.82) is 0 Å². The maximum absolute atomic E-state index is 14.1. The molecule has 0 bridgehead atoms. The molecule has 6 rings (SSSR count). The first-order valence-corrected chi connectivity index (χ1v) is 11.7. The lowest BCUT2D eigenvalue weighted by molar-refractivity contribution is -0.384. The number of halogens is 1. The number of aryl methyl sites for hydroxylation is 1. The minimum atomic E-state index is -1.35. The number of nitrogens with zero attached hydrogens (tertiary/aromatic N) is 3. The fourth-order valence-corrected chi connectivity index (χ4v) is 6.92. The van der Waals surface area contributed by atoms with Crippen LogP contribution in [-0.4, -0.2) is 47.2 Å². The van der Waals surface area contributed by atoms with Crippen molar-refractivity contribution in [3.05, 3.63) is 56.6 Å². The van der Waals surface area contributed by atoms with E-state index in [2.05, 4.69) is 5.32 Å². The Labute approximate surface area is 204 Å². The molecule has 3 saturated heterocycles. The smallest absolute Gasteiger partial charge is 0.273 e. The topological polar surface area (TPSA) is 122 Å². The summed E-state index contributed by atoms with van der Waals surface area (Å²) in [5, 5.41) is 14.5. The van der Waals surface area contributed by atoms with Crippen molar-refractivity contribution in [2.45, 2.75) is 31.3 Å². The first-order chi connectivity index (χ1) is 16.7.